The van der Waals surface area contributed by atoms with Gasteiger partial charge >= 0.3 is 0 Å². The van der Waals surface area contributed by atoms with Crippen LogP contribution in [0.3, 0.4) is 0 Å². The monoisotopic (exact) mass is 475 g/mol. The lowest BCUT2D eigenvalue weighted by molar-refractivity contribution is 0.0636. The molecule has 3 amide bonds. The third kappa shape index (κ3) is 3.61. The van der Waals surface area contributed by atoms with Crippen molar-refractivity contribution >= 4 is 40.0 Å². The number of thiazole rings is 1. The molecule has 2 aromatic heterocycles. The predicted molar refractivity (Wildman–Crippen MR) is 127 cm³/mol. The van der Waals surface area contributed by atoms with Crippen molar-refractivity contribution in [1.82, 2.24) is 19.5 Å². The van der Waals surface area contributed by atoms with E-state index >= 15 is 0 Å². The molecule has 0 unspecified atom stereocenters. The van der Waals surface area contributed by atoms with Gasteiger partial charge in [-0.15, -0.1) is 16.4 Å². The summed E-state index contributed by atoms with van der Waals surface area (Å²) in [6.45, 7) is 4.20. The van der Waals surface area contributed by atoms with Gasteiger partial charge in [-0.1, -0.05) is 26.0 Å². The number of rotatable bonds is 6. The average molecular weight is 476 g/mol. The SMILES string of the molecule is COc1ccccc1-c1csc2nc(NC(=O)c3ccc4c(c3)C(=O)N(CC(C)C)C4=O)nn12. The maximum Gasteiger partial charge on any atom is 0.261 e. The lowest BCUT2D eigenvalue weighted by Gasteiger charge is -2.15. The van der Waals surface area contributed by atoms with Crippen LogP contribution in [0.1, 0.15) is 44.9 Å². The summed E-state index contributed by atoms with van der Waals surface area (Å²) in [6.07, 6.45) is 0. The van der Waals surface area contributed by atoms with Gasteiger partial charge in [0.15, 0.2) is 0 Å². The van der Waals surface area contributed by atoms with Gasteiger partial charge in [0.25, 0.3) is 23.7 Å². The summed E-state index contributed by atoms with van der Waals surface area (Å²) in [4.78, 5) is 44.4. The Balaban J connectivity index is 1.40. The minimum absolute atomic E-state index is 0.136. The van der Waals surface area contributed by atoms with Crippen molar-refractivity contribution in [3.05, 3.63) is 64.5 Å². The van der Waals surface area contributed by atoms with Gasteiger partial charge in [0, 0.05) is 23.1 Å². The second-order valence-corrected chi connectivity index (χ2v) is 9.12. The van der Waals surface area contributed by atoms with E-state index in [0.717, 1.165) is 11.3 Å². The number of fused-ring (bicyclic) bond motifs is 2. The Kier molecular flexibility index (Phi) is 5.37. The number of nitrogens with zero attached hydrogens (tertiary/aromatic N) is 4. The Bertz CT molecular complexity index is 1450. The van der Waals surface area contributed by atoms with Gasteiger partial charge in [-0.2, -0.15) is 4.98 Å². The van der Waals surface area contributed by atoms with Crippen molar-refractivity contribution in [3.8, 4) is 17.0 Å². The number of carbonyl (C=O) groups excluding carboxylic acids is 3. The zero-order valence-corrected chi connectivity index (χ0v) is 19.5. The molecule has 172 valence electrons. The van der Waals surface area contributed by atoms with E-state index < -0.39 is 5.91 Å². The van der Waals surface area contributed by atoms with Crippen LogP contribution in [0.5, 0.6) is 5.75 Å². The van der Waals surface area contributed by atoms with Gasteiger partial charge in [0.2, 0.25) is 4.96 Å². The molecule has 5 rings (SSSR count). The number of para-hydroxylation sites is 1. The topological polar surface area (TPSA) is 106 Å². The number of amides is 3. The molecule has 4 aromatic rings. The minimum Gasteiger partial charge on any atom is -0.496 e. The van der Waals surface area contributed by atoms with Crippen LogP contribution in [0.15, 0.2) is 47.8 Å². The zero-order chi connectivity index (χ0) is 24.0. The highest BCUT2D eigenvalue weighted by Crippen LogP contribution is 2.32. The number of aromatic nitrogens is 3. The predicted octanol–water partition coefficient (Wildman–Crippen LogP) is 3.97. The highest BCUT2D eigenvalue weighted by atomic mass is 32.1. The highest BCUT2D eigenvalue weighted by Gasteiger charge is 2.36. The van der Waals surface area contributed by atoms with E-state index in [2.05, 4.69) is 15.4 Å². The van der Waals surface area contributed by atoms with Crippen molar-refractivity contribution in [2.24, 2.45) is 5.92 Å². The van der Waals surface area contributed by atoms with Crippen molar-refractivity contribution < 1.29 is 19.1 Å². The van der Waals surface area contributed by atoms with Crippen LogP contribution in [0, 0.1) is 5.92 Å². The van der Waals surface area contributed by atoms with Crippen LogP contribution >= 0.6 is 11.3 Å². The molecule has 1 aliphatic rings. The van der Waals surface area contributed by atoms with E-state index in [4.69, 9.17) is 4.74 Å². The maximum atomic E-state index is 12.9. The van der Waals surface area contributed by atoms with Gasteiger partial charge in [0.1, 0.15) is 5.75 Å². The van der Waals surface area contributed by atoms with Gasteiger partial charge in [-0.25, -0.2) is 4.52 Å². The molecule has 0 atom stereocenters. The number of ether oxygens (including phenoxy) is 1. The van der Waals surface area contributed by atoms with E-state index in [0.29, 0.717) is 22.8 Å². The summed E-state index contributed by atoms with van der Waals surface area (Å²) in [6, 6.07) is 12.1. The van der Waals surface area contributed by atoms with Gasteiger partial charge in [-0.05, 0) is 36.2 Å². The zero-order valence-electron chi connectivity index (χ0n) is 18.7. The number of carbonyl (C=O) groups is 3. The van der Waals surface area contributed by atoms with Crippen LogP contribution in [-0.2, 0) is 0 Å². The van der Waals surface area contributed by atoms with Crippen molar-refractivity contribution in [3.63, 3.8) is 0 Å². The molecule has 9 nitrogen and oxygen atoms in total. The average Bonchev–Trinajstić information content (AvgIpc) is 3.47. The van der Waals surface area contributed by atoms with Gasteiger partial charge in [-0.3, -0.25) is 24.6 Å². The number of nitrogens with one attached hydrogen (secondary N) is 1. The summed E-state index contributed by atoms with van der Waals surface area (Å²) in [5.74, 6) is -0.204. The third-order valence-corrected chi connectivity index (χ3v) is 6.29. The molecule has 1 N–H and O–H groups in total. The fourth-order valence-electron chi connectivity index (χ4n) is 3.91. The number of hydrogen-bond acceptors (Lipinski definition) is 7. The Morgan fingerprint density at radius 1 is 1.09 bits per heavy atom. The first kappa shape index (κ1) is 21.8. The van der Waals surface area contributed by atoms with Crippen LogP contribution < -0.4 is 10.1 Å². The van der Waals surface area contributed by atoms with Crippen molar-refractivity contribution in [1.29, 1.82) is 0 Å². The summed E-state index contributed by atoms with van der Waals surface area (Å²) in [5.41, 5.74) is 2.43. The molecular weight excluding hydrogens is 454 g/mol. The molecule has 0 fully saturated rings. The Hall–Kier alpha value is -4.05. The Labute approximate surface area is 199 Å². The largest absolute Gasteiger partial charge is 0.496 e. The van der Waals surface area contributed by atoms with E-state index in [9.17, 15) is 14.4 Å². The number of benzene rings is 2. The smallest absolute Gasteiger partial charge is 0.261 e. The summed E-state index contributed by atoms with van der Waals surface area (Å²) in [7, 11) is 1.60. The molecule has 2 aromatic carbocycles. The van der Waals surface area contributed by atoms with Crippen LogP contribution in [0.4, 0.5) is 5.95 Å². The second kappa shape index (κ2) is 8.38. The highest BCUT2D eigenvalue weighted by molar-refractivity contribution is 7.15. The second-order valence-electron chi connectivity index (χ2n) is 8.28. The molecular formula is C24H21N5O4S. The molecule has 0 bridgehead atoms. The van der Waals surface area contributed by atoms with Crippen LogP contribution in [0.2, 0.25) is 0 Å². The van der Waals surface area contributed by atoms with Gasteiger partial charge in [0.05, 0.1) is 23.9 Å². The van der Waals surface area contributed by atoms with Crippen LogP contribution in [0.25, 0.3) is 16.2 Å². The fourth-order valence-corrected chi connectivity index (χ4v) is 4.73. The fraction of sp³-hybridized carbons (Fsp3) is 0.208. The lowest BCUT2D eigenvalue weighted by atomic mass is 10.1. The summed E-state index contributed by atoms with van der Waals surface area (Å²) in [5, 5.41) is 9.04. The molecule has 0 radical (unpaired) electrons. The molecule has 34 heavy (non-hydrogen) atoms. The minimum atomic E-state index is -0.470. The molecule has 3 heterocycles. The standard InChI is InChI=1S/C24H21N5O4S/c1-13(2)11-28-21(31)15-9-8-14(10-17(15)22(28)32)20(30)25-23-26-24-29(27-23)18(12-34-24)16-6-4-5-7-19(16)33-3/h4-10,12-13H,11H2,1-3H3,(H,25,27,30). The molecule has 0 saturated carbocycles. The number of imide groups is 1. The molecule has 10 heteroatoms. The molecule has 0 saturated heterocycles. The van der Waals surface area contributed by atoms with E-state index in [-0.39, 0.29) is 34.8 Å². The first-order valence-electron chi connectivity index (χ1n) is 10.7. The number of hydrogen-bond donors (Lipinski definition) is 1. The van der Waals surface area contributed by atoms with Gasteiger partial charge < -0.3 is 4.74 Å². The quantitative estimate of drug-likeness (QED) is 0.423. The first-order chi connectivity index (χ1) is 16.4. The lowest BCUT2D eigenvalue weighted by Crippen LogP contribution is -2.33. The maximum absolute atomic E-state index is 12.9. The van der Waals surface area contributed by atoms with Crippen LogP contribution in [-0.4, -0.2) is 50.9 Å². The van der Waals surface area contributed by atoms with E-state index in [1.165, 1.54) is 34.4 Å². The number of anilines is 1. The Morgan fingerprint density at radius 3 is 2.62 bits per heavy atom. The van der Waals surface area contributed by atoms with E-state index in [1.807, 2.05) is 43.5 Å². The third-order valence-electron chi connectivity index (χ3n) is 5.47. The van der Waals surface area contributed by atoms with E-state index in [1.54, 1.807) is 11.6 Å². The number of methoxy groups -OCH3 is 1. The summed E-state index contributed by atoms with van der Waals surface area (Å²) >= 11 is 1.39. The first-order valence-corrected chi connectivity index (χ1v) is 11.5. The normalized spacial score (nSPS) is 13.1. The molecule has 0 spiro atoms. The Morgan fingerprint density at radius 2 is 1.85 bits per heavy atom. The molecule has 1 aliphatic heterocycles. The van der Waals surface area contributed by atoms with Crippen molar-refractivity contribution in [2.75, 3.05) is 19.0 Å². The molecule has 0 aliphatic carbocycles. The summed E-state index contributed by atoms with van der Waals surface area (Å²) < 4.78 is 7.09. The van der Waals surface area contributed by atoms with Crippen molar-refractivity contribution in [2.45, 2.75) is 13.8 Å².